The van der Waals surface area contributed by atoms with E-state index < -0.39 is 0 Å². The number of hydrogen-bond acceptors (Lipinski definition) is 1. The molecule has 0 unspecified atom stereocenters. The van der Waals surface area contributed by atoms with Crippen LogP contribution in [-0.2, 0) is 19.4 Å². The Bertz CT molecular complexity index is 1310. The van der Waals surface area contributed by atoms with Crippen LogP contribution in [0.25, 0.3) is 21.8 Å². The summed E-state index contributed by atoms with van der Waals surface area (Å²) in [4.78, 5) is 0. The third-order valence-corrected chi connectivity index (χ3v) is 6.14. The summed E-state index contributed by atoms with van der Waals surface area (Å²) in [6.07, 6.45) is 2.15. The summed E-state index contributed by atoms with van der Waals surface area (Å²) in [7, 11) is 0. The van der Waals surface area contributed by atoms with Crippen molar-refractivity contribution < 1.29 is 0 Å². The highest BCUT2D eigenvalue weighted by atomic mass is 15.0. The molecular formula is C27H22N2. The first-order valence-corrected chi connectivity index (χ1v) is 10.3. The molecule has 0 saturated heterocycles. The number of aryl methyl sites for hydroxylation is 2. The van der Waals surface area contributed by atoms with E-state index in [0.717, 1.165) is 19.4 Å². The number of fused-ring (bicyclic) bond motifs is 5. The summed E-state index contributed by atoms with van der Waals surface area (Å²) in [6.45, 7) is 0.883. The van der Waals surface area contributed by atoms with Crippen molar-refractivity contribution in [1.82, 2.24) is 4.57 Å². The highest BCUT2D eigenvalue weighted by Gasteiger charge is 2.14. The Hall–Kier alpha value is -3.52. The maximum atomic E-state index is 3.64. The zero-order valence-corrected chi connectivity index (χ0v) is 16.2. The third-order valence-electron chi connectivity index (χ3n) is 6.14. The van der Waals surface area contributed by atoms with E-state index in [2.05, 4.69) is 101 Å². The van der Waals surface area contributed by atoms with Crippen LogP contribution in [0.3, 0.4) is 0 Å². The van der Waals surface area contributed by atoms with Crippen LogP contribution in [0, 0.1) is 0 Å². The molecule has 1 aliphatic rings. The van der Waals surface area contributed by atoms with Gasteiger partial charge >= 0.3 is 0 Å². The van der Waals surface area contributed by atoms with Crippen LogP contribution in [0.1, 0.15) is 16.7 Å². The van der Waals surface area contributed by atoms with Gasteiger partial charge in [-0.1, -0.05) is 66.7 Å². The normalized spacial score (nSPS) is 13.0. The van der Waals surface area contributed by atoms with Gasteiger partial charge in [-0.15, -0.1) is 0 Å². The molecule has 0 radical (unpaired) electrons. The quantitative estimate of drug-likeness (QED) is 0.364. The largest absolute Gasteiger partial charge is 0.355 e. The first-order chi connectivity index (χ1) is 14.4. The maximum absolute atomic E-state index is 3.64. The van der Waals surface area contributed by atoms with Crippen LogP contribution in [0.2, 0.25) is 0 Å². The predicted octanol–water partition coefficient (Wildman–Crippen LogP) is 6.69. The molecule has 2 heterocycles. The van der Waals surface area contributed by atoms with E-state index in [9.17, 15) is 0 Å². The van der Waals surface area contributed by atoms with Crippen LogP contribution < -0.4 is 5.32 Å². The number of anilines is 2. The lowest BCUT2D eigenvalue weighted by molar-refractivity contribution is 0.863. The molecule has 29 heavy (non-hydrogen) atoms. The summed E-state index contributed by atoms with van der Waals surface area (Å²) < 4.78 is 2.45. The summed E-state index contributed by atoms with van der Waals surface area (Å²) in [5.74, 6) is 0. The molecule has 1 N–H and O–H groups in total. The molecule has 2 heteroatoms. The van der Waals surface area contributed by atoms with E-state index in [1.807, 2.05) is 0 Å². The lowest BCUT2D eigenvalue weighted by Crippen LogP contribution is -2.01. The minimum Gasteiger partial charge on any atom is -0.355 e. The van der Waals surface area contributed by atoms with Gasteiger partial charge in [0.1, 0.15) is 0 Å². The van der Waals surface area contributed by atoms with Crippen LogP contribution in [0.4, 0.5) is 11.4 Å². The Morgan fingerprint density at radius 1 is 0.621 bits per heavy atom. The molecule has 2 nitrogen and oxygen atoms in total. The van der Waals surface area contributed by atoms with Gasteiger partial charge in [0.25, 0.3) is 0 Å². The van der Waals surface area contributed by atoms with Gasteiger partial charge in [0.2, 0.25) is 0 Å². The Morgan fingerprint density at radius 2 is 1.24 bits per heavy atom. The van der Waals surface area contributed by atoms with Crippen molar-refractivity contribution in [3.05, 3.63) is 108 Å². The van der Waals surface area contributed by atoms with Crippen molar-refractivity contribution in [2.75, 3.05) is 5.32 Å². The molecule has 0 saturated carbocycles. The molecule has 4 aromatic carbocycles. The second kappa shape index (κ2) is 6.52. The van der Waals surface area contributed by atoms with Crippen molar-refractivity contribution in [3.8, 4) is 0 Å². The van der Waals surface area contributed by atoms with E-state index in [4.69, 9.17) is 0 Å². The Kier molecular flexibility index (Phi) is 3.70. The van der Waals surface area contributed by atoms with Gasteiger partial charge < -0.3 is 9.88 Å². The van der Waals surface area contributed by atoms with Crippen molar-refractivity contribution in [3.63, 3.8) is 0 Å². The van der Waals surface area contributed by atoms with Gasteiger partial charge in [-0.3, -0.25) is 0 Å². The number of aromatic nitrogens is 1. The second-order valence-electron chi connectivity index (χ2n) is 7.89. The number of nitrogens with zero attached hydrogens (tertiary/aromatic N) is 1. The van der Waals surface area contributed by atoms with Gasteiger partial charge in [0.05, 0.1) is 0 Å². The zero-order chi connectivity index (χ0) is 19.2. The van der Waals surface area contributed by atoms with E-state index in [1.165, 1.54) is 49.9 Å². The summed E-state index contributed by atoms with van der Waals surface area (Å²) in [5, 5.41) is 6.30. The Morgan fingerprint density at radius 3 is 2.03 bits per heavy atom. The molecular weight excluding hydrogens is 352 g/mol. The Balaban J connectivity index is 1.42. The monoisotopic (exact) mass is 374 g/mol. The fourth-order valence-electron chi connectivity index (χ4n) is 4.71. The van der Waals surface area contributed by atoms with E-state index >= 15 is 0 Å². The standard InChI is InChI=1S/C27H22N2/c1-4-10-24-20(7-1)14-15-21-17-19(13-16-25(21)28-24)18-29-26-11-5-2-8-22(26)23-9-3-6-12-27(23)29/h1-13,16-17,28H,14-15,18H2. The van der Waals surface area contributed by atoms with Gasteiger partial charge in [0.15, 0.2) is 0 Å². The number of nitrogens with one attached hydrogen (secondary N) is 1. The smallest absolute Gasteiger partial charge is 0.0494 e. The first kappa shape index (κ1) is 16.4. The molecule has 5 aromatic rings. The molecule has 0 atom stereocenters. The molecule has 140 valence electrons. The number of para-hydroxylation sites is 3. The molecule has 1 aliphatic heterocycles. The van der Waals surface area contributed by atoms with Gasteiger partial charge in [-0.25, -0.2) is 0 Å². The number of benzene rings is 4. The molecule has 0 fully saturated rings. The molecule has 0 bridgehead atoms. The lowest BCUT2D eigenvalue weighted by Gasteiger charge is -2.13. The van der Waals surface area contributed by atoms with Gasteiger partial charge in [0, 0.05) is 39.7 Å². The lowest BCUT2D eigenvalue weighted by atomic mass is 10.0. The minimum atomic E-state index is 0.883. The van der Waals surface area contributed by atoms with E-state index in [0.29, 0.717) is 0 Å². The molecule has 1 aromatic heterocycles. The number of hydrogen-bond donors (Lipinski definition) is 1. The van der Waals surface area contributed by atoms with Gasteiger partial charge in [-0.05, 0) is 53.8 Å². The zero-order valence-electron chi connectivity index (χ0n) is 16.2. The molecule has 6 rings (SSSR count). The van der Waals surface area contributed by atoms with E-state index in [-0.39, 0.29) is 0 Å². The predicted molar refractivity (Wildman–Crippen MR) is 122 cm³/mol. The minimum absolute atomic E-state index is 0.883. The first-order valence-electron chi connectivity index (χ1n) is 10.3. The summed E-state index contributed by atoms with van der Waals surface area (Å²) >= 11 is 0. The molecule has 0 amide bonds. The van der Waals surface area contributed by atoms with Gasteiger partial charge in [-0.2, -0.15) is 0 Å². The average Bonchev–Trinajstić information content (AvgIpc) is 2.96. The Labute approximate surface area is 170 Å². The van der Waals surface area contributed by atoms with Crippen molar-refractivity contribution in [2.45, 2.75) is 19.4 Å². The molecule has 0 spiro atoms. The second-order valence-corrected chi connectivity index (χ2v) is 7.89. The van der Waals surface area contributed by atoms with Crippen LogP contribution >= 0.6 is 0 Å². The highest BCUT2D eigenvalue weighted by molar-refractivity contribution is 6.08. The van der Waals surface area contributed by atoms with Crippen molar-refractivity contribution in [1.29, 1.82) is 0 Å². The van der Waals surface area contributed by atoms with Crippen molar-refractivity contribution in [2.24, 2.45) is 0 Å². The molecule has 0 aliphatic carbocycles. The van der Waals surface area contributed by atoms with Crippen LogP contribution in [0.5, 0.6) is 0 Å². The SMILES string of the molecule is c1ccc2c(c1)CCc1cc(Cn3c4ccccc4c4ccccc43)ccc1N2. The number of rotatable bonds is 2. The van der Waals surface area contributed by atoms with Crippen LogP contribution in [0.15, 0.2) is 91.0 Å². The maximum Gasteiger partial charge on any atom is 0.0494 e. The third kappa shape index (κ3) is 2.72. The average molecular weight is 374 g/mol. The fraction of sp³-hybridized carbons (Fsp3) is 0.111. The summed E-state index contributed by atoms with van der Waals surface area (Å²) in [6, 6.07) is 33.0. The van der Waals surface area contributed by atoms with E-state index in [1.54, 1.807) is 0 Å². The topological polar surface area (TPSA) is 17.0 Å². The summed E-state index contributed by atoms with van der Waals surface area (Å²) in [5.41, 5.74) is 9.22. The fourth-order valence-corrected chi connectivity index (χ4v) is 4.71. The highest BCUT2D eigenvalue weighted by Crippen LogP contribution is 2.32. The van der Waals surface area contributed by atoms with Crippen LogP contribution in [-0.4, -0.2) is 4.57 Å². The van der Waals surface area contributed by atoms with Crippen molar-refractivity contribution >= 4 is 33.2 Å².